The van der Waals surface area contributed by atoms with E-state index in [0.29, 0.717) is 15.4 Å². The summed E-state index contributed by atoms with van der Waals surface area (Å²) < 4.78 is 16.0. The number of benzene rings is 2. The minimum absolute atomic E-state index is 0.254. The van der Waals surface area contributed by atoms with Crippen LogP contribution in [0.4, 0.5) is 4.39 Å². The Morgan fingerprint density at radius 2 is 2.05 bits per heavy atom. The number of rotatable bonds is 1. The van der Waals surface area contributed by atoms with Gasteiger partial charge >= 0.3 is 0 Å². The molecule has 0 aliphatic carbocycles. The van der Waals surface area contributed by atoms with Crippen LogP contribution < -0.4 is 0 Å². The number of H-pyrrole nitrogens is 1. The van der Waals surface area contributed by atoms with Gasteiger partial charge in [-0.1, -0.05) is 17.7 Å². The van der Waals surface area contributed by atoms with Gasteiger partial charge in [-0.3, -0.25) is 4.57 Å². The SMILES string of the molecule is Cc1c(F)cccc1-n1c(=S)[nH]c2ccc(Cl)cc21. The number of hydrogen-bond donors (Lipinski definition) is 1. The van der Waals surface area contributed by atoms with Gasteiger partial charge in [0.25, 0.3) is 0 Å². The third-order valence-corrected chi connectivity index (χ3v) is 3.65. The summed E-state index contributed by atoms with van der Waals surface area (Å²) in [4.78, 5) is 3.10. The second-order valence-electron chi connectivity index (χ2n) is 4.31. The van der Waals surface area contributed by atoms with E-state index < -0.39 is 0 Å². The summed E-state index contributed by atoms with van der Waals surface area (Å²) in [5, 5.41) is 0.615. The summed E-state index contributed by atoms with van der Waals surface area (Å²) in [7, 11) is 0. The van der Waals surface area contributed by atoms with Crippen LogP contribution in [0.15, 0.2) is 36.4 Å². The molecule has 1 heterocycles. The standard InChI is InChI=1S/C14H10ClFN2S/c1-8-10(16)3-2-4-12(8)18-13-7-9(15)5-6-11(13)17-14(18)19/h2-7H,1H3,(H,17,19). The topological polar surface area (TPSA) is 20.7 Å². The molecule has 0 saturated carbocycles. The van der Waals surface area contributed by atoms with Crippen molar-refractivity contribution in [3.63, 3.8) is 0 Å². The van der Waals surface area contributed by atoms with Gasteiger partial charge in [-0.15, -0.1) is 0 Å². The van der Waals surface area contributed by atoms with Crippen LogP contribution in [0.1, 0.15) is 5.56 Å². The molecule has 0 atom stereocenters. The highest BCUT2D eigenvalue weighted by atomic mass is 35.5. The van der Waals surface area contributed by atoms with E-state index in [1.807, 2.05) is 18.2 Å². The molecule has 1 aromatic heterocycles. The molecular weight excluding hydrogens is 283 g/mol. The summed E-state index contributed by atoms with van der Waals surface area (Å²) in [6.45, 7) is 1.73. The van der Waals surface area contributed by atoms with E-state index in [1.165, 1.54) is 6.07 Å². The van der Waals surface area contributed by atoms with E-state index in [0.717, 1.165) is 16.7 Å². The van der Waals surface area contributed by atoms with Gasteiger partial charge < -0.3 is 4.98 Å². The van der Waals surface area contributed by atoms with Crippen molar-refractivity contribution in [2.24, 2.45) is 0 Å². The average molecular weight is 293 g/mol. The fourth-order valence-electron chi connectivity index (χ4n) is 2.15. The predicted molar refractivity (Wildman–Crippen MR) is 78.2 cm³/mol. The van der Waals surface area contributed by atoms with Crippen LogP contribution >= 0.6 is 23.8 Å². The van der Waals surface area contributed by atoms with Gasteiger partial charge in [0.15, 0.2) is 4.77 Å². The molecule has 96 valence electrons. The van der Waals surface area contributed by atoms with Crippen molar-refractivity contribution >= 4 is 34.9 Å². The van der Waals surface area contributed by atoms with Crippen LogP contribution in [0, 0.1) is 17.5 Å². The van der Waals surface area contributed by atoms with Crippen LogP contribution in [-0.4, -0.2) is 9.55 Å². The van der Waals surface area contributed by atoms with Gasteiger partial charge in [0, 0.05) is 10.6 Å². The Hall–Kier alpha value is -1.65. The number of imidazole rings is 1. The Labute approximate surface area is 119 Å². The van der Waals surface area contributed by atoms with Crippen molar-refractivity contribution in [3.05, 3.63) is 57.6 Å². The van der Waals surface area contributed by atoms with E-state index >= 15 is 0 Å². The van der Waals surface area contributed by atoms with E-state index in [9.17, 15) is 4.39 Å². The molecule has 0 aliphatic rings. The molecule has 0 radical (unpaired) electrons. The summed E-state index contributed by atoms with van der Waals surface area (Å²) in [6.07, 6.45) is 0. The molecular formula is C14H10ClFN2S. The Morgan fingerprint density at radius 3 is 2.84 bits per heavy atom. The summed E-state index contributed by atoms with van der Waals surface area (Å²) >= 11 is 11.3. The number of aromatic nitrogens is 2. The van der Waals surface area contributed by atoms with Crippen LogP contribution in [0.3, 0.4) is 0 Å². The number of fused-ring (bicyclic) bond motifs is 1. The number of nitrogens with zero attached hydrogens (tertiary/aromatic N) is 1. The second-order valence-corrected chi connectivity index (χ2v) is 5.13. The first kappa shape index (κ1) is 12.4. The number of aromatic amines is 1. The molecule has 3 aromatic rings. The van der Waals surface area contributed by atoms with Crippen molar-refractivity contribution in [1.29, 1.82) is 0 Å². The third kappa shape index (κ3) is 1.97. The molecule has 3 rings (SSSR count). The number of halogens is 2. The molecule has 0 amide bonds. The zero-order chi connectivity index (χ0) is 13.6. The largest absolute Gasteiger partial charge is 0.330 e. The lowest BCUT2D eigenvalue weighted by atomic mass is 10.2. The lowest BCUT2D eigenvalue weighted by Gasteiger charge is -2.09. The van der Waals surface area contributed by atoms with E-state index in [4.69, 9.17) is 23.8 Å². The van der Waals surface area contributed by atoms with Crippen molar-refractivity contribution < 1.29 is 4.39 Å². The van der Waals surface area contributed by atoms with Crippen LogP contribution in [0.5, 0.6) is 0 Å². The summed E-state index contributed by atoms with van der Waals surface area (Å²) in [6, 6.07) is 10.4. The fraction of sp³-hybridized carbons (Fsp3) is 0.0714. The average Bonchev–Trinajstić information content (AvgIpc) is 2.69. The zero-order valence-electron chi connectivity index (χ0n) is 10.1. The second kappa shape index (κ2) is 4.47. The van der Waals surface area contributed by atoms with E-state index in [-0.39, 0.29) is 5.82 Å². The normalized spacial score (nSPS) is 11.1. The Morgan fingerprint density at radius 1 is 1.26 bits per heavy atom. The minimum atomic E-state index is -0.254. The first-order chi connectivity index (χ1) is 9.08. The molecule has 0 bridgehead atoms. The molecule has 0 unspecified atom stereocenters. The van der Waals surface area contributed by atoms with Gasteiger partial charge in [0.2, 0.25) is 0 Å². The molecule has 19 heavy (non-hydrogen) atoms. The van der Waals surface area contributed by atoms with Gasteiger partial charge in [-0.05, 0) is 49.5 Å². The first-order valence-electron chi connectivity index (χ1n) is 5.73. The maximum Gasteiger partial charge on any atom is 0.182 e. The van der Waals surface area contributed by atoms with E-state index in [2.05, 4.69) is 4.98 Å². The maximum absolute atomic E-state index is 13.7. The van der Waals surface area contributed by atoms with Crippen LogP contribution in [0.2, 0.25) is 5.02 Å². The molecule has 0 fully saturated rings. The summed E-state index contributed by atoms with van der Waals surface area (Å²) in [5.74, 6) is -0.254. The minimum Gasteiger partial charge on any atom is -0.330 e. The molecule has 2 nitrogen and oxygen atoms in total. The fourth-order valence-corrected chi connectivity index (χ4v) is 2.63. The molecule has 1 N–H and O–H groups in total. The quantitative estimate of drug-likeness (QED) is 0.640. The Kier molecular flexibility index (Phi) is 2.92. The van der Waals surface area contributed by atoms with E-state index in [1.54, 1.807) is 23.6 Å². The monoisotopic (exact) mass is 292 g/mol. The van der Waals surface area contributed by atoms with Crippen molar-refractivity contribution in [1.82, 2.24) is 9.55 Å². The third-order valence-electron chi connectivity index (χ3n) is 3.13. The lowest BCUT2D eigenvalue weighted by molar-refractivity contribution is 0.617. The number of hydrogen-bond acceptors (Lipinski definition) is 1. The van der Waals surface area contributed by atoms with Crippen LogP contribution in [-0.2, 0) is 0 Å². The molecule has 2 aromatic carbocycles. The maximum atomic E-state index is 13.7. The van der Waals surface area contributed by atoms with Gasteiger partial charge in [-0.25, -0.2) is 4.39 Å². The van der Waals surface area contributed by atoms with Gasteiger partial charge in [-0.2, -0.15) is 0 Å². The zero-order valence-corrected chi connectivity index (χ0v) is 11.6. The molecule has 5 heteroatoms. The molecule has 0 spiro atoms. The van der Waals surface area contributed by atoms with Crippen molar-refractivity contribution in [2.45, 2.75) is 6.92 Å². The Balaban J connectivity index is 2.42. The lowest BCUT2D eigenvalue weighted by Crippen LogP contribution is -1.98. The highest BCUT2D eigenvalue weighted by Crippen LogP contribution is 2.25. The van der Waals surface area contributed by atoms with Crippen molar-refractivity contribution in [3.8, 4) is 5.69 Å². The summed E-state index contributed by atoms with van der Waals surface area (Å²) in [5.41, 5.74) is 2.99. The molecule has 0 aliphatic heterocycles. The van der Waals surface area contributed by atoms with Gasteiger partial charge in [0.1, 0.15) is 5.82 Å². The number of nitrogens with one attached hydrogen (secondary N) is 1. The predicted octanol–water partition coefficient (Wildman–Crippen LogP) is 4.79. The first-order valence-corrected chi connectivity index (χ1v) is 6.52. The molecule has 0 saturated heterocycles. The highest BCUT2D eigenvalue weighted by molar-refractivity contribution is 7.71. The Bertz CT molecular complexity index is 835. The van der Waals surface area contributed by atoms with Crippen LogP contribution in [0.25, 0.3) is 16.7 Å². The van der Waals surface area contributed by atoms with Gasteiger partial charge in [0.05, 0.1) is 16.7 Å². The highest BCUT2D eigenvalue weighted by Gasteiger charge is 2.11. The van der Waals surface area contributed by atoms with Crippen molar-refractivity contribution in [2.75, 3.05) is 0 Å². The smallest absolute Gasteiger partial charge is 0.182 e.